The largest absolute Gasteiger partial charge is 0.361 e. The maximum atomic E-state index is 11.6. The highest BCUT2D eigenvalue weighted by molar-refractivity contribution is 6.28. The Morgan fingerprint density at radius 3 is 2.80 bits per heavy atom. The second kappa shape index (κ2) is 4.67. The molecule has 0 bridgehead atoms. The Labute approximate surface area is 94.8 Å². The molecule has 1 heterocycles. The van der Waals surface area contributed by atoms with Crippen molar-refractivity contribution in [2.24, 2.45) is 0 Å². The van der Waals surface area contributed by atoms with Gasteiger partial charge in [0.25, 0.3) is 0 Å². The van der Waals surface area contributed by atoms with E-state index >= 15 is 0 Å². The van der Waals surface area contributed by atoms with Crippen LogP contribution in [0.25, 0.3) is 0 Å². The number of anilines is 1. The number of carbonyl (C=O) groups is 1. The van der Waals surface area contributed by atoms with Crippen LogP contribution in [-0.4, -0.2) is 24.2 Å². The fourth-order valence-corrected chi connectivity index (χ4v) is 2.30. The van der Waals surface area contributed by atoms with Gasteiger partial charge in [0.05, 0.1) is 11.9 Å². The molecular weight excluding hydrogens is 210 g/mol. The molecule has 80 valence electrons. The minimum atomic E-state index is -0.00935. The van der Waals surface area contributed by atoms with Crippen LogP contribution in [0.15, 0.2) is 30.3 Å². The Hall–Kier alpha value is -1.02. The van der Waals surface area contributed by atoms with E-state index in [1.165, 1.54) is 0 Å². The Morgan fingerprint density at radius 1 is 1.40 bits per heavy atom. The standard InChI is InChI=1S/C12H14ClNO/c13-9-12(15)11-7-4-8-14(11)10-5-2-1-3-6-10/h1-3,5-6,11H,4,7-9H2/t11-/m1/s1. The molecule has 0 aliphatic carbocycles. The van der Waals surface area contributed by atoms with Crippen molar-refractivity contribution in [2.45, 2.75) is 18.9 Å². The molecule has 1 aromatic rings. The van der Waals surface area contributed by atoms with Gasteiger partial charge in [-0.15, -0.1) is 11.6 Å². The van der Waals surface area contributed by atoms with E-state index in [9.17, 15) is 4.79 Å². The van der Waals surface area contributed by atoms with E-state index in [0.29, 0.717) is 0 Å². The number of carbonyl (C=O) groups excluding carboxylic acids is 1. The highest BCUT2D eigenvalue weighted by atomic mass is 35.5. The Kier molecular flexibility index (Phi) is 3.27. The number of alkyl halides is 1. The van der Waals surface area contributed by atoms with Gasteiger partial charge in [-0.25, -0.2) is 0 Å². The highest BCUT2D eigenvalue weighted by Gasteiger charge is 2.29. The van der Waals surface area contributed by atoms with Crippen LogP contribution in [-0.2, 0) is 4.79 Å². The second-order valence-electron chi connectivity index (χ2n) is 3.79. The number of hydrogen-bond donors (Lipinski definition) is 0. The van der Waals surface area contributed by atoms with Crippen LogP contribution < -0.4 is 4.90 Å². The molecule has 0 amide bonds. The summed E-state index contributed by atoms with van der Waals surface area (Å²) in [5, 5.41) is 0. The lowest BCUT2D eigenvalue weighted by Gasteiger charge is -2.25. The van der Waals surface area contributed by atoms with Gasteiger partial charge in [0.15, 0.2) is 5.78 Å². The molecule has 0 unspecified atom stereocenters. The van der Waals surface area contributed by atoms with E-state index < -0.39 is 0 Å². The number of Topliss-reactive ketones (excluding diaryl/α,β-unsaturated/α-hetero) is 1. The normalized spacial score (nSPS) is 20.6. The summed E-state index contributed by atoms with van der Waals surface area (Å²) >= 11 is 5.61. The summed E-state index contributed by atoms with van der Waals surface area (Å²) in [6, 6.07) is 10.0. The van der Waals surface area contributed by atoms with Gasteiger partial charge in [-0.3, -0.25) is 4.79 Å². The van der Waals surface area contributed by atoms with E-state index in [1.807, 2.05) is 30.3 Å². The van der Waals surface area contributed by atoms with Crippen LogP contribution in [0.2, 0.25) is 0 Å². The summed E-state index contributed by atoms with van der Waals surface area (Å²) in [4.78, 5) is 13.8. The SMILES string of the molecule is O=C(CCl)[C@H]1CCCN1c1ccccc1. The third-order valence-electron chi connectivity index (χ3n) is 2.84. The van der Waals surface area contributed by atoms with Gasteiger partial charge < -0.3 is 4.90 Å². The van der Waals surface area contributed by atoms with Crippen LogP contribution in [0.1, 0.15) is 12.8 Å². The Bertz CT molecular complexity index is 339. The molecule has 1 fully saturated rings. The number of para-hydroxylation sites is 1. The van der Waals surface area contributed by atoms with Gasteiger partial charge >= 0.3 is 0 Å². The van der Waals surface area contributed by atoms with E-state index in [1.54, 1.807) is 0 Å². The molecule has 1 aliphatic heterocycles. The van der Waals surface area contributed by atoms with Crippen molar-refractivity contribution in [3.63, 3.8) is 0 Å². The lowest BCUT2D eigenvalue weighted by molar-refractivity contribution is -0.117. The third kappa shape index (κ3) is 2.15. The number of halogens is 1. The number of benzene rings is 1. The van der Waals surface area contributed by atoms with Crippen LogP contribution >= 0.6 is 11.6 Å². The van der Waals surface area contributed by atoms with Crippen molar-refractivity contribution in [3.05, 3.63) is 30.3 Å². The summed E-state index contributed by atoms with van der Waals surface area (Å²) < 4.78 is 0. The van der Waals surface area contributed by atoms with Gasteiger partial charge in [0.1, 0.15) is 0 Å². The second-order valence-corrected chi connectivity index (χ2v) is 4.05. The fourth-order valence-electron chi connectivity index (χ4n) is 2.12. The molecule has 1 atom stereocenters. The molecule has 1 aromatic carbocycles. The first-order valence-electron chi connectivity index (χ1n) is 5.23. The van der Waals surface area contributed by atoms with Gasteiger partial charge in [0, 0.05) is 12.2 Å². The lowest BCUT2D eigenvalue weighted by atomic mass is 10.1. The van der Waals surface area contributed by atoms with Crippen LogP contribution in [0.4, 0.5) is 5.69 Å². The molecule has 0 N–H and O–H groups in total. The summed E-state index contributed by atoms with van der Waals surface area (Å²) in [5.74, 6) is 0.256. The van der Waals surface area contributed by atoms with Crippen molar-refractivity contribution in [3.8, 4) is 0 Å². The summed E-state index contributed by atoms with van der Waals surface area (Å²) in [7, 11) is 0. The maximum absolute atomic E-state index is 11.6. The Morgan fingerprint density at radius 2 is 2.13 bits per heavy atom. The van der Waals surface area contributed by atoms with Crippen LogP contribution in [0.5, 0.6) is 0 Å². The summed E-state index contributed by atoms with van der Waals surface area (Å²) in [6.07, 6.45) is 2.00. The minimum Gasteiger partial charge on any atom is -0.361 e. The van der Waals surface area contributed by atoms with Crippen molar-refractivity contribution in [1.82, 2.24) is 0 Å². The van der Waals surface area contributed by atoms with Gasteiger partial charge in [0.2, 0.25) is 0 Å². The highest BCUT2D eigenvalue weighted by Crippen LogP contribution is 2.25. The van der Waals surface area contributed by atoms with Crippen molar-refractivity contribution in [1.29, 1.82) is 0 Å². The van der Waals surface area contributed by atoms with Crippen molar-refractivity contribution >= 4 is 23.1 Å². The predicted molar refractivity (Wildman–Crippen MR) is 62.5 cm³/mol. The predicted octanol–water partition coefficient (Wildman–Crippen LogP) is 2.46. The first kappa shape index (κ1) is 10.5. The summed E-state index contributed by atoms with van der Waals surface area (Å²) in [5.41, 5.74) is 1.12. The van der Waals surface area contributed by atoms with Crippen LogP contribution in [0, 0.1) is 0 Å². The van der Waals surface area contributed by atoms with Gasteiger partial charge in [-0.1, -0.05) is 18.2 Å². The monoisotopic (exact) mass is 223 g/mol. The zero-order valence-electron chi connectivity index (χ0n) is 8.53. The molecule has 0 saturated carbocycles. The molecule has 15 heavy (non-hydrogen) atoms. The minimum absolute atomic E-state index is 0.00935. The average Bonchev–Trinajstić information content (AvgIpc) is 2.78. The van der Waals surface area contributed by atoms with E-state index in [2.05, 4.69) is 4.90 Å². The lowest BCUT2D eigenvalue weighted by Crippen LogP contribution is -2.36. The molecule has 3 heteroatoms. The topological polar surface area (TPSA) is 20.3 Å². The molecule has 1 saturated heterocycles. The molecule has 1 aliphatic rings. The van der Waals surface area contributed by atoms with Crippen molar-refractivity contribution in [2.75, 3.05) is 17.3 Å². The maximum Gasteiger partial charge on any atom is 0.169 e. The summed E-state index contributed by atoms with van der Waals surface area (Å²) in [6.45, 7) is 0.956. The quantitative estimate of drug-likeness (QED) is 0.734. The van der Waals surface area contributed by atoms with Crippen molar-refractivity contribution < 1.29 is 4.79 Å². The first-order chi connectivity index (χ1) is 7.33. The zero-order valence-corrected chi connectivity index (χ0v) is 9.28. The number of ketones is 1. The van der Waals surface area contributed by atoms with E-state index in [4.69, 9.17) is 11.6 Å². The fraction of sp³-hybridized carbons (Fsp3) is 0.417. The average molecular weight is 224 g/mol. The zero-order chi connectivity index (χ0) is 10.7. The number of hydrogen-bond acceptors (Lipinski definition) is 2. The number of rotatable bonds is 3. The third-order valence-corrected chi connectivity index (χ3v) is 3.11. The van der Waals surface area contributed by atoms with Crippen LogP contribution in [0.3, 0.4) is 0 Å². The molecule has 0 spiro atoms. The smallest absolute Gasteiger partial charge is 0.169 e. The van der Waals surface area contributed by atoms with E-state index in [-0.39, 0.29) is 17.7 Å². The Balaban J connectivity index is 2.18. The molecule has 2 rings (SSSR count). The van der Waals surface area contributed by atoms with E-state index in [0.717, 1.165) is 25.1 Å². The molecule has 0 radical (unpaired) electrons. The molecule has 0 aromatic heterocycles. The van der Waals surface area contributed by atoms with Gasteiger partial charge in [-0.05, 0) is 25.0 Å². The molecule has 2 nitrogen and oxygen atoms in total. The van der Waals surface area contributed by atoms with Gasteiger partial charge in [-0.2, -0.15) is 0 Å². The first-order valence-corrected chi connectivity index (χ1v) is 5.77. The number of nitrogens with zero attached hydrogens (tertiary/aromatic N) is 1. The molecular formula is C12H14ClNO.